The monoisotopic (exact) mass is 279 g/mol. The predicted molar refractivity (Wildman–Crippen MR) is 85.1 cm³/mol. The van der Waals surface area contributed by atoms with Gasteiger partial charge in [0.05, 0.1) is 11.0 Å². The fraction of sp³-hybridized carbons (Fsp3) is 0.176. The van der Waals surface area contributed by atoms with Crippen LogP contribution in [0.2, 0.25) is 0 Å². The average molecular weight is 279 g/mol. The van der Waals surface area contributed by atoms with Gasteiger partial charge >= 0.3 is 0 Å². The Morgan fingerprint density at radius 3 is 2.76 bits per heavy atom. The van der Waals surface area contributed by atoms with Crippen LogP contribution in [0.3, 0.4) is 0 Å². The summed E-state index contributed by atoms with van der Waals surface area (Å²) in [4.78, 5) is 19.1. The molecule has 2 heterocycles. The van der Waals surface area contributed by atoms with Crippen LogP contribution in [0.1, 0.15) is 19.8 Å². The van der Waals surface area contributed by atoms with Crippen LogP contribution in [-0.4, -0.2) is 15.9 Å². The van der Waals surface area contributed by atoms with Crippen LogP contribution in [-0.2, 0) is 4.79 Å². The van der Waals surface area contributed by atoms with Crippen molar-refractivity contribution in [3.63, 3.8) is 0 Å². The van der Waals surface area contributed by atoms with Crippen LogP contribution in [0.5, 0.6) is 0 Å². The molecule has 0 spiro atoms. The normalized spacial score (nSPS) is 10.7. The summed E-state index contributed by atoms with van der Waals surface area (Å²) in [7, 11) is 0. The summed E-state index contributed by atoms with van der Waals surface area (Å²) in [6.45, 7) is 1.99. The molecule has 0 saturated heterocycles. The van der Waals surface area contributed by atoms with Gasteiger partial charge in [0.15, 0.2) is 0 Å². The van der Waals surface area contributed by atoms with E-state index in [0.717, 1.165) is 34.3 Å². The third kappa shape index (κ3) is 2.94. The smallest absolute Gasteiger partial charge is 0.224 e. The maximum atomic E-state index is 11.6. The van der Waals surface area contributed by atoms with E-state index < -0.39 is 0 Å². The third-order valence-electron chi connectivity index (χ3n) is 3.38. The van der Waals surface area contributed by atoms with Crippen molar-refractivity contribution >= 4 is 22.6 Å². The fourth-order valence-electron chi connectivity index (χ4n) is 2.29. The van der Waals surface area contributed by atoms with Gasteiger partial charge in [-0.15, -0.1) is 0 Å². The van der Waals surface area contributed by atoms with Crippen LogP contribution >= 0.6 is 0 Å². The van der Waals surface area contributed by atoms with Gasteiger partial charge in [0.1, 0.15) is 0 Å². The molecule has 21 heavy (non-hydrogen) atoms. The first-order valence-electron chi connectivity index (χ1n) is 7.09. The quantitative estimate of drug-likeness (QED) is 0.759. The SMILES string of the molecule is CCCC(=O)Nc1ccc(-c2cnc3cc[nH]c3c2)cc1. The minimum absolute atomic E-state index is 0.0553. The van der Waals surface area contributed by atoms with E-state index in [0.29, 0.717) is 6.42 Å². The molecule has 0 bridgehead atoms. The molecule has 1 amide bonds. The summed E-state index contributed by atoms with van der Waals surface area (Å²) in [5.74, 6) is 0.0553. The number of hydrogen-bond acceptors (Lipinski definition) is 2. The van der Waals surface area contributed by atoms with Crippen molar-refractivity contribution in [3.05, 3.63) is 48.8 Å². The van der Waals surface area contributed by atoms with E-state index in [9.17, 15) is 4.79 Å². The Morgan fingerprint density at radius 2 is 2.00 bits per heavy atom. The Labute approximate surface area is 123 Å². The molecule has 4 nitrogen and oxygen atoms in total. The van der Waals surface area contributed by atoms with Gasteiger partial charge in [-0.3, -0.25) is 9.78 Å². The summed E-state index contributed by atoms with van der Waals surface area (Å²) < 4.78 is 0. The Bertz CT molecular complexity index is 759. The van der Waals surface area contributed by atoms with Crippen molar-refractivity contribution in [1.82, 2.24) is 9.97 Å². The van der Waals surface area contributed by atoms with Crippen molar-refractivity contribution in [1.29, 1.82) is 0 Å². The number of benzene rings is 1. The fourth-order valence-corrected chi connectivity index (χ4v) is 2.29. The van der Waals surface area contributed by atoms with Gasteiger partial charge in [0.25, 0.3) is 0 Å². The van der Waals surface area contributed by atoms with E-state index in [1.807, 2.05) is 49.6 Å². The highest BCUT2D eigenvalue weighted by atomic mass is 16.1. The maximum absolute atomic E-state index is 11.6. The van der Waals surface area contributed by atoms with Crippen LogP contribution in [0, 0.1) is 0 Å². The topological polar surface area (TPSA) is 57.8 Å². The lowest BCUT2D eigenvalue weighted by molar-refractivity contribution is -0.116. The number of rotatable bonds is 4. The first-order chi connectivity index (χ1) is 10.3. The summed E-state index contributed by atoms with van der Waals surface area (Å²) in [6.07, 6.45) is 5.15. The van der Waals surface area contributed by atoms with Gasteiger partial charge in [0, 0.05) is 30.1 Å². The molecule has 0 aliphatic carbocycles. The zero-order chi connectivity index (χ0) is 14.7. The molecule has 0 aliphatic rings. The molecule has 4 heteroatoms. The Balaban J connectivity index is 1.81. The average Bonchev–Trinajstić information content (AvgIpc) is 2.95. The molecule has 0 atom stereocenters. The van der Waals surface area contributed by atoms with Gasteiger partial charge in [-0.25, -0.2) is 0 Å². The summed E-state index contributed by atoms with van der Waals surface area (Å²) >= 11 is 0. The minimum Gasteiger partial charge on any atom is -0.360 e. The maximum Gasteiger partial charge on any atom is 0.224 e. The van der Waals surface area contributed by atoms with Crippen LogP contribution in [0.15, 0.2) is 48.8 Å². The molecule has 3 aromatic rings. The summed E-state index contributed by atoms with van der Waals surface area (Å²) in [5.41, 5.74) is 4.94. The highest BCUT2D eigenvalue weighted by molar-refractivity contribution is 5.91. The zero-order valence-corrected chi connectivity index (χ0v) is 11.9. The second kappa shape index (κ2) is 5.79. The number of pyridine rings is 1. The van der Waals surface area contributed by atoms with Crippen molar-refractivity contribution in [2.45, 2.75) is 19.8 Å². The molecular weight excluding hydrogens is 262 g/mol. The number of aromatic amines is 1. The second-order valence-electron chi connectivity index (χ2n) is 5.01. The van der Waals surface area contributed by atoms with E-state index in [1.165, 1.54) is 0 Å². The Hall–Kier alpha value is -2.62. The van der Waals surface area contributed by atoms with Gasteiger partial charge in [-0.05, 0) is 36.2 Å². The Kier molecular flexibility index (Phi) is 3.69. The molecule has 1 aromatic carbocycles. The van der Waals surface area contributed by atoms with Crippen molar-refractivity contribution < 1.29 is 4.79 Å². The van der Waals surface area contributed by atoms with Crippen molar-refractivity contribution in [2.75, 3.05) is 5.32 Å². The van der Waals surface area contributed by atoms with Crippen LogP contribution < -0.4 is 5.32 Å². The second-order valence-corrected chi connectivity index (χ2v) is 5.01. The van der Waals surface area contributed by atoms with Gasteiger partial charge in [-0.2, -0.15) is 0 Å². The third-order valence-corrected chi connectivity index (χ3v) is 3.38. The lowest BCUT2D eigenvalue weighted by Gasteiger charge is -2.06. The number of anilines is 1. The van der Waals surface area contributed by atoms with Crippen molar-refractivity contribution in [2.24, 2.45) is 0 Å². The highest BCUT2D eigenvalue weighted by Gasteiger charge is 2.03. The molecule has 0 saturated carbocycles. The molecule has 0 radical (unpaired) electrons. The number of hydrogen-bond donors (Lipinski definition) is 2. The van der Waals surface area contributed by atoms with E-state index in [-0.39, 0.29) is 5.91 Å². The van der Waals surface area contributed by atoms with Crippen LogP contribution in [0.4, 0.5) is 5.69 Å². The molecular formula is C17H17N3O. The minimum atomic E-state index is 0.0553. The van der Waals surface area contributed by atoms with Gasteiger partial charge < -0.3 is 10.3 Å². The van der Waals surface area contributed by atoms with E-state index in [4.69, 9.17) is 0 Å². The number of H-pyrrole nitrogens is 1. The lowest BCUT2D eigenvalue weighted by atomic mass is 10.1. The van der Waals surface area contributed by atoms with E-state index in [2.05, 4.69) is 21.4 Å². The standard InChI is InChI=1S/C17H17N3O/c1-2-3-17(21)20-14-6-4-12(5-7-14)13-10-16-15(19-11-13)8-9-18-16/h4-11,18H,2-3H2,1H3,(H,20,21). The summed E-state index contributed by atoms with van der Waals surface area (Å²) in [5, 5.41) is 2.89. The van der Waals surface area contributed by atoms with Gasteiger partial charge in [0.2, 0.25) is 5.91 Å². The number of fused-ring (bicyclic) bond motifs is 1. The molecule has 3 rings (SSSR count). The molecule has 0 aliphatic heterocycles. The highest BCUT2D eigenvalue weighted by Crippen LogP contribution is 2.23. The van der Waals surface area contributed by atoms with Gasteiger partial charge in [-0.1, -0.05) is 19.1 Å². The Morgan fingerprint density at radius 1 is 1.19 bits per heavy atom. The molecule has 106 valence electrons. The number of nitrogens with zero attached hydrogens (tertiary/aromatic N) is 1. The number of carbonyl (C=O) groups excluding carboxylic acids is 1. The molecule has 2 N–H and O–H groups in total. The van der Waals surface area contributed by atoms with E-state index >= 15 is 0 Å². The molecule has 2 aromatic heterocycles. The number of nitrogens with one attached hydrogen (secondary N) is 2. The number of amides is 1. The molecule has 0 unspecified atom stereocenters. The van der Waals surface area contributed by atoms with Crippen LogP contribution in [0.25, 0.3) is 22.2 Å². The summed E-state index contributed by atoms with van der Waals surface area (Å²) in [6, 6.07) is 11.8. The lowest BCUT2D eigenvalue weighted by Crippen LogP contribution is -2.10. The predicted octanol–water partition coefficient (Wildman–Crippen LogP) is 3.97. The first-order valence-corrected chi connectivity index (χ1v) is 7.09. The molecule has 0 fully saturated rings. The number of aromatic nitrogens is 2. The van der Waals surface area contributed by atoms with Crippen molar-refractivity contribution in [3.8, 4) is 11.1 Å². The largest absolute Gasteiger partial charge is 0.360 e. The van der Waals surface area contributed by atoms with E-state index in [1.54, 1.807) is 0 Å². The first kappa shape index (κ1) is 13.4. The zero-order valence-electron chi connectivity index (χ0n) is 11.9. The number of carbonyl (C=O) groups is 1.